The second-order valence-electron chi connectivity index (χ2n) is 11.8. The molecule has 0 unspecified atom stereocenters. The normalized spacial score (nSPS) is 25.0. The first-order valence-electron chi connectivity index (χ1n) is 12.4. The monoisotopic (exact) mass is 429 g/mol. The number of carbonyl (C=O) groups excluding carboxylic acids is 1. The number of carboxylic acid groups (broad SMARTS) is 1. The molecule has 1 atom stereocenters. The first-order valence-corrected chi connectivity index (χ1v) is 12.4. The maximum absolute atomic E-state index is 12.7. The summed E-state index contributed by atoms with van der Waals surface area (Å²) in [6, 6.07) is 0. The van der Waals surface area contributed by atoms with Crippen molar-refractivity contribution in [3.8, 4) is 0 Å². The third kappa shape index (κ3) is 5.78. The summed E-state index contributed by atoms with van der Waals surface area (Å²) in [6.45, 7) is 6.91. The number of hydrogen-bond donors (Lipinski definition) is 1. The summed E-state index contributed by atoms with van der Waals surface area (Å²) >= 11 is 0. The molecule has 3 aliphatic carbocycles. The summed E-state index contributed by atoms with van der Waals surface area (Å²) in [5.74, 6) is 2.60. The Labute approximate surface area is 186 Å². The Bertz CT molecular complexity index is 791. The van der Waals surface area contributed by atoms with Gasteiger partial charge in [0.15, 0.2) is 0 Å². The van der Waals surface area contributed by atoms with E-state index in [1.807, 2.05) is 0 Å². The van der Waals surface area contributed by atoms with Crippen molar-refractivity contribution in [2.45, 2.75) is 116 Å². The molecular weight excluding hydrogens is 390 g/mol. The SMILES string of the molecule is CC(C)(C)CC1CC(c2onc([C@@H](CCC(=O)O)CC(=O)CC3CCC3)c2C2CC2)C1. The van der Waals surface area contributed by atoms with Crippen molar-refractivity contribution < 1.29 is 19.2 Å². The Morgan fingerprint density at radius 2 is 1.81 bits per heavy atom. The molecule has 3 aliphatic rings. The van der Waals surface area contributed by atoms with E-state index in [0.717, 1.165) is 55.9 Å². The van der Waals surface area contributed by atoms with Crippen LogP contribution in [-0.2, 0) is 9.59 Å². The first kappa shape index (κ1) is 22.5. The highest BCUT2D eigenvalue weighted by Gasteiger charge is 2.42. The molecule has 0 amide bonds. The second kappa shape index (κ2) is 9.07. The molecule has 5 heteroatoms. The van der Waals surface area contributed by atoms with E-state index in [4.69, 9.17) is 4.52 Å². The molecule has 1 heterocycles. The quantitative estimate of drug-likeness (QED) is 0.430. The molecule has 0 aliphatic heterocycles. The summed E-state index contributed by atoms with van der Waals surface area (Å²) in [6.07, 6.45) is 11.0. The lowest BCUT2D eigenvalue weighted by molar-refractivity contribution is -0.137. The van der Waals surface area contributed by atoms with Crippen LogP contribution in [0.25, 0.3) is 0 Å². The number of nitrogens with zero attached hydrogens (tertiary/aromatic N) is 1. The number of Topliss-reactive ketones (excluding diaryl/α,β-unsaturated/α-hetero) is 1. The minimum absolute atomic E-state index is 0.0742. The molecule has 0 radical (unpaired) electrons. The summed E-state index contributed by atoms with van der Waals surface area (Å²) in [5, 5.41) is 13.8. The molecule has 0 spiro atoms. The van der Waals surface area contributed by atoms with Crippen LogP contribution in [0.3, 0.4) is 0 Å². The zero-order valence-electron chi connectivity index (χ0n) is 19.5. The standard InChI is InChI=1S/C26H39NO4/c1-26(2,3)15-17-11-20(12-17)25-23(18-7-8-18)24(27-31-25)19(9-10-22(29)30)14-21(28)13-16-5-4-6-16/h16-20H,4-15H2,1-3H3,(H,29,30)/t17?,19-,20?/m0/s1. The molecule has 0 aromatic carbocycles. The van der Waals surface area contributed by atoms with Crippen molar-refractivity contribution >= 4 is 11.8 Å². The van der Waals surface area contributed by atoms with Gasteiger partial charge >= 0.3 is 5.97 Å². The van der Waals surface area contributed by atoms with Gasteiger partial charge < -0.3 is 9.63 Å². The fourth-order valence-electron chi connectivity index (χ4n) is 5.69. The molecule has 1 aromatic heterocycles. The lowest BCUT2D eigenvalue weighted by Crippen LogP contribution is -2.26. The number of carboxylic acids is 1. The van der Waals surface area contributed by atoms with Gasteiger partial charge in [-0.25, -0.2) is 0 Å². The van der Waals surface area contributed by atoms with Crippen LogP contribution in [0.5, 0.6) is 0 Å². The first-order chi connectivity index (χ1) is 14.7. The van der Waals surface area contributed by atoms with Crippen molar-refractivity contribution in [2.24, 2.45) is 17.3 Å². The minimum Gasteiger partial charge on any atom is -0.481 e. The van der Waals surface area contributed by atoms with Gasteiger partial charge in [0.1, 0.15) is 11.5 Å². The van der Waals surface area contributed by atoms with E-state index in [-0.39, 0.29) is 18.1 Å². The maximum atomic E-state index is 12.7. The highest BCUT2D eigenvalue weighted by molar-refractivity contribution is 5.79. The predicted molar refractivity (Wildman–Crippen MR) is 119 cm³/mol. The number of rotatable bonds is 11. The van der Waals surface area contributed by atoms with E-state index < -0.39 is 5.97 Å². The smallest absolute Gasteiger partial charge is 0.303 e. The van der Waals surface area contributed by atoms with E-state index in [1.165, 1.54) is 18.4 Å². The summed E-state index contributed by atoms with van der Waals surface area (Å²) in [5.41, 5.74) is 2.50. The Hall–Kier alpha value is -1.65. The minimum atomic E-state index is -0.808. The Balaban J connectivity index is 1.48. The van der Waals surface area contributed by atoms with E-state index in [9.17, 15) is 14.7 Å². The maximum Gasteiger partial charge on any atom is 0.303 e. The molecule has 3 fully saturated rings. The van der Waals surface area contributed by atoms with Gasteiger partial charge in [0, 0.05) is 36.7 Å². The van der Waals surface area contributed by atoms with E-state index in [1.54, 1.807) is 0 Å². The highest BCUT2D eigenvalue weighted by Crippen LogP contribution is 2.53. The Kier molecular flexibility index (Phi) is 6.60. The summed E-state index contributed by atoms with van der Waals surface area (Å²) in [7, 11) is 0. The van der Waals surface area contributed by atoms with Crippen LogP contribution < -0.4 is 0 Å². The third-order valence-electron chi connectivity index (χ3n) is 7.59. The molecule has 1 aromatic rings. The van der Waals surface area contributed by atoms with E-state index in [2.05, 4.69) is 25.9 Å². The topological polar surface area (TPSA) is 80.4 Å². The zero-order valence-corrected chi connectivity index (χ0v) is 19.5. The van der Waals surface area contributed by atoms with Crippen LogP contribution in [0.4, 0.5) is 0 Å². The molecule has 4 rings (SSSR count). The van der Waals surface area contributed by atoms with Crippen LogP contribution in [0.1, 0.15) is 133 Å². The van der Waals surface area contributed by atoms with Gasteiger partial charge in [0.25, 0.3) is 0 Å². The molecule has 1 N–H and O–H groups in total. The number of aromatic nitrogens is 1. The van der Waals surface area contributed by atoms with Gasteiger partial charge in [-0.05, 0) is 61.7 Å². The Morgan fingerprint density at radius 3 is 2.35 bits per heavy atom. The van der Waals surface area contributed by atoms with Crippen molar-refractivity contribution in [3.05, 3.63) is 17.0 Å². The van der Waals surface area contributed by atoms with Crippen molar-refractivity contribution in [1.29, 1.82) is 0 Å². The molecular formula is C26H39NO4. The van der Waals surface area contributed by atoms with Gasteiger partial charge in [-0.15, -0.1) is 0 Å². The van der Waals surface area contributed by atoms with E-state index in [0.29, 0.717) is 42.4 Å². The van der Waals surface area contributed by atoms with Crippen LogP contribution in [0.15, 0.2) is 4.52 Å². The number of carbonyl (C=O) groups is 2. The van der Waals surface area contributed by atoms with Crippen molar-refractivity contribution in [2.75, 3.05) is 0 Å². The fraction of sp³-hybridized carbons (Fsp3) is 0.808. The third-order valence-corrected chi connectivity index (χ3v) is 7.59. The van der Waals surface area contributed by atoms with Gasteiger partial charge in [-0.3, -0.25) is 9.59 Å². The van der Waals surface area contributed by atoms with Gasteiger partial charge in [-0.2, -0.15) is 0 Å². The molecule has 0 saturated heterocycles. The molecule has 172 valence electrons. The molecule has 31 heavy (non-hydrogen) atoms. The largest absolute Gasteiger partial charge is 0.481 e. The number of aliphatic carboxylic acids is 1. The van der Waals surface area contributed by atoms with Crippen molar-refractivity contribution in [1.82, 2.24) is 5.16 Å². The van der Waals surface area contributed by atoms with Gasteiger partial charge in [-0.1, -0.05) is 45.2 Å². The second-order valence-corrected chi connectivity index (χ2v) is 11.8. The number of hydrogen-bond acceptors (Lipinski definition) is 4. The zero-order chi connectivity index (χ0) is 22.2. The van der Waals surface area contributed by atoms with Gasteiger partial charge in [0.05, 0.1) is 5.69 Å². The fourth-order valence-corrected chi connectivity index (χ4v) is 5.69. The molecule has 0 bridgehead atoms. The van der Waals surface area contributed by atoms with Gasteiger partial charge in [0.2, 0.25) is 0 Å². The average molecular weight is 430 g/mol. The molecule has 5 nitrogen and oxygen atoms in total. The van der Waals surface area contributed by atoms with Crippen LogP contribution in [0, 0.1) is 17.3 Å². The van der Waals surface area contributed by atoms with Crippen LogP contribution in [-0.4, -0.2) is 22.0 Å². The van der Waals surface area contributed by atoms with E-state index >= 15 is 0 Å². The Morgan fingerprint density at radius 1 is 1.10 bits per heavy atom. The molecule has 3 saturated carbocycles. The highest BCUT2D eigenvalue weighted by atomic mass is 16.5. The van der Waals surface area contributed by atoms with Crippen LogP contribution in [0.2, 0.25) is 0 Å². The van der Waals surface area contributed by atoms with Crippen molar-refractivity contribution in [3.63, 3.8) is 0 Å². The lowest BCUT2D eigenvalue weighted by atomic mass is 9.66. The summed E-state index contributed by atoms with van der Waals surface area (Å²) < 4.78 is 5.95. The predicted octanol–water partition coefficient (Wildman–Crippen LogP) is 6.58. The lowest BCUT2D eigenvalue weighted by Gasteiger charge is -2.38. The van der Waals surface area contributed by atoms with Crippen LogP contribution >= 0.6 is 0 Å². The average Bonchev–Trinajstić information content (AvgIpc) is 3.36. The summed E-state index contributed by atoms with van der Waals surface area (Å²) in [4.78, 5) is 24.0. The number of ketones is 1.